The lowest BCUT2D eigenvalue weighted by atomic mass is 9.97. The second kappa shape index (κ2) is 11.3. The minimum Gasteiger partial charge on any atom is -0.466 e. The van der Waals surface area contributed by atoms with Gasteiger partial charge in [0.1, 0.15) is 0 Å². The lowest BCUT2D eigenvalue weighted by Gasteiger charge is -2.33. The molecule has 0 amide bonds. The summed E-state index contributed by atoms with van der Waals surface area (Å²) in [6.45, 7) is 4.08. The molecule has 1 aromatic carbocycles. The number of aromatic nitrogens is 2. The highest BCUT2D eigenvalue weighted by atomic mass is 127. The van der Waals surface area contributed by atoms with Gasteiger partial charge in [0.2, 0.25) is 11.7 Å². The predicted octanol–water partition coefficient (Wildman–Crippen LogP) is 3.36. The van der Waals surface area contributed by atoms with Gasteiger partial charge in [-0.3, -0.25) is 9.79 Å². The number of nitrogens with one attached hydrogen (secondary N) is 1. The fourth-order valence-corrected chi connectivity index (χ4v) is 3.34. The van der Waals surface area contributed by atoms with Crippen molar-refractivity contribution in [2.45, 2.75) is 26.3 Å². The van der Waals surface area contributed by atoms with E-state index in [0.717, 1.165) is 37.5 Å². The lowest BCUT2D eigenvalue weighted by molar-refractivity contribution is -0.149. The summed E-state index contributed by atoms with van der Waals surface area (Å²) in [5.74, 6) is 1.54. The number of aliphatic imine (C=N–C) groups is 1. The molecule has 1 N–H and O–H groups in total. The van der Waals surface area contributed by atoms with Crippen LogP contribution in [0.2, 0.25) is 5.02 Å². The zero-order chi connectivity index (χ0) is 19.9. The molecule has 2 heterocycles. The first-order chi connectivity index (χ1) is 13.6. The Morgan fingerprint density at radius 1 is 1.41 bits per heavy atom. The van der Waals surface area contributed by atoms with Gasteiger partial charge in [0.15, 0.2) is 5.96 Å². The van der Waals surface area contributed by atoms with E-state index in [-0.39, 0.29) is 35.9 Å². The van der Waals surface area contributed by atoms with E-state index >= 15 is 0 Å². The molecule has 1 saturated heterocycles. The van der Waals surface area contributed by atoms with Gasteiger partial charge >= 0.3 is 5.97 Å². The number of hydrogen-bond donors (Lipinski definition) is 1. The second-order valence-electron chi connectivity index (χ2n) is 6.44. The van der Waals surface area contributed by atoms with E-state index < -0.39 is 0 Å². The number of rotatable bonds is 5. The average molecular weight is 534 g/mol. The lowest BCUT2D eigenvalue weighted by Crippen LogP contribution is -2.46. The quantitative estimate of drug-likeness (QED) is 0.273. The van der Waals surface area contributed by atoms with Crippen LogP contribution in [0.15, 0.2) is 33.8 Å². The molecule has 0 radical (unpaired) electrons. The number of hydrogen-bond acceptors (Lipinski definition) is 6. The highest BCUT2D eigenvalue weighted by Gasteiger charge is 2.27. The summed E-state index contributed by atoms with van der Waals surface area (Å²) in [4.78, 5) is 22.7. The second-order valence-corrected chi connectivity index (χ2v) is 6.87. The number of halogens is 2. The summed E-state index contributed by atoms with van der Waals surface area (Å²) in [6.07, 6.45) is 1.50. The third-order valence-electron chi connectivity index (χ3n) is 4.57. The van der Waals surface area contributed by atoms with Crippen LogP contribution in [0.1, 0.15) is 25.7 Å². The van der Waals surface area contributed by atoms with Crippen molar-refractivity contribution in [3.63, 3.8) is 0 Å². The molecular weight excluding hydrogens is 509 g/mol. The van der Waals surface area contributed by atoms with Crippen molar-refractivity contribution in [1.82, 2.24) is 20.4 Å². The van der Waals surface area contributed by atoms with Gasteiger partial charge in [-0.05, 0) is 31.9 Å². The molecule has 0 aliphatic carbocycles. The van der Waals surface area contributed by atoms with Crippen LogP contribution in [-0.4, -0.2) is 53.7 Å². The Bertz CT molecular complexity index is 837. The smallest absolute Gasteiger partial charge is 0.309 e. The summed E-state index contributed by atoms with van der Waals surface area (Å²) in [5.41, 5.74) is 0.799. The Morgan fingerprint density at radius 3 is 2.83 bits per heavy atom. The normalized spacial score (nSPS) is 15.0. The first-order valence-corrected chi connectivity index (χ1v) is 9.69. The number of piperidine rings is 1. The summed E-state index contributed by atoms with van der Waals surface area (Å²) in [5, 5.41) is 7.86. The van der Waals surface area contributed by atoms with Crippen LogP contribution in [0, 0.1) is 5.92 Å². The monoisotopic (exact) mass is 533 g/mol. The number of benzene rings is 1. The van der Waals surface area contributed by atoms with E-state index in [2.05, 4.69) is 25.3 Å². The first kappa shape index (κ1) is 23.4. The summed E-state index contributed by atoms with van der Waals surface area (Å²) in [6, 6.07) is 7.30. The fraction of sp³-hybridized carbons (Fsp3) is 0.474. The minimum atomic E-state index is -0.107. The van der Waals surface area contributed by atoms with E-state index in [1.165, 1.54) is 0 Å². The maximum atomic E-state index is 11.9. The van der Waals surface area contributed by atoms with Gasteiger partial charge < -0.3 is 19.5 Å². The molecule has 8 nitrogen and oxygen atoms in total. The Labute approximate surface area is 192 Å². The number of likely N-dealkylation sites (tertiary alicyclic amines) is 1. The molecular formula is C19H25ClIN5O3. The molecule has 0 atom stereocenters. The molecule has 29 heavy (non-hydrogen) atoms. The number of carbonyl (C=O) groups is 1. The maximum absolute atomic E-state index is 11.9. The van der Waals surface area contributed by atoms with Crippen molar-refractivity contribution in [3.05, 3.63) is 35.2 Å². The SMILES string of the molecule is CCOC(=O)C1CCN(C(=NC)NCc2nc(-c3cccc(Cl)c3)no2)CC1.I. The van der Waals surface area contributed by atoms with E-state index in [4.69, 9.17) is 20.9 Å². The molecule has 0 unspecified atom stereocenters. The fourth-order valence-electron chi connectivity index (χ4n) is 3.15. The molecule has 1 aromatic heterocycles. The number of esters is 1. The molecule has 0 spiro atoms. The van der Waals surface area contributed by atoms with Crippen molar-refractivity contribution < 1.29 is 14.1 Å². The molecule has 1 aliphatic heterocycles. The molecule has 10 heteroatoms. The zero-order valence-electron chi connectivity index (χ0n) is 16.4. The summed E-state index contributed by atoms with van der Waals surface area (Å²) in [7, 11) is 1.73. The van der Waals surface area contributed by atoms with Crippen molar-refractivity contribution in [2.75, 3.05) is 26.7 Å². The van der Waals surface area contributed by atoms with Crippen LogP contribution in [-0.2, 0) is 16.1 Å². The van der Waals surface area contributed by atoms with Crippen LogP contribution in [0.25, 0.3) is 11.4 Å². The van der Waals surface area contributed by atoms with E-state index in [0.29, 0.717) is 29.9 Å². The molecule has 1 aliphatic rings. The van der Waals surface area contributed by atoms with Crippen molar-refractivity contribution >= 4 is 47.5 Å². The topological polar surface area (TPSA) is 92.8 Å². The third-order valence-corrected chi connectivity index (χ3v) is 4.81. The van der Waals surface area contributed by atoms with Crippen LogP contribution in [0.3, 0.4) is 0 Å². The Balaban J connectivity index is 0.00000300. The van der Waals surface area contributed by atoms with Gasteiger partial charge in [0, 0.05) is 30.7 Å². The Morgan fingerprint density at radius 2 is 2.17 bits per heavy atom. The van der Waals surface area contributed by atoms with Gasteiger partial charge in [-0.2, -0.15) is 4.98 Å². The molecule has 1 fully saturated rings. The van der Waals surface area contributed by atoms with Gasteiger partial charge in [-0.15, -0.1) is 24.0 Å². The van der Waals surface area contributed by atoms with Crippen molar-refractivity contribution in [3.8, 4) is 11.4 Å². The Kier molecular flexibility index (Phi) is 9.15. The highest BCUT2D eigenvalue weighted by Crippen LogP contribution is 2.20. The standard InChI is InChI=1S/C19H24ClN5O3.HI/c1-3-27-18(26)13-7-9-25(10-8-13)19(21-2)22-12-16-23-17(24-28-16)14-5-4-6-15(20)11-14;/h4-6,11,13H,3,7-10,12H2,1-2H3,(H,21,22);1H. The van der Waals surface area contributed by atoms with Crippen molar-refractivity contribution in [2.24, 2.45) is 10.9 Å². The third kappa shape index (κ3) is 6.30. The summed E-state index contributed by atoms with van der Waals surface area (Å²) >= 11 is 6.01. The predicted molar refractivity (Wildman–Crippen MR) is 121 cm³/mol. The highest BCUT2D eigenvalue weighted by molar-refractivity contribution is 14.0. The Hall–Kier alpha value is -1.88. The number of carbonyl (C=O) groups excluding carboxylic acids is 1. The number of guanidine groups is 1. The zero-order valence-corrected chi connectivity index (χ0v) is 19.5. The largest absolute Gasteiger partial charge is 0.466 e. The van der Waals surface area contributed by atoms with Gasteiger partial charge in [-0.25, -0.2) is 0 Å². The van der Waals surface area contributed by atoms with Crippen LogP contribution < -0.4 is 5.32 Å². The molecule has 2 aromatic rings. The van der Waals surface area contributed by atoms with Crippen LogP contribution in [0.5, 0.6) is 0 Å². The maximum Gasteiger partial charge on any atom is 0.309 e. The molecule has 0 saturated carbocycles. The molecule has 158 valence electrons. The van der Waals surface area contributed by atoms with Crippen molar-refractivity contribution in [1.29, 1.82) is 0 Å². The minimum absolute atomic E-state index is 0. The molecule has 0 bridgehead atoms. The van der Waals surface area contributed by atoms with E-state index in [9.17, 15) is 4.79 Å². The van der Waals surface area contributed by atoms with Gasteiger partial charge in [0.05, 0.1) is 19.1 Å². The number of ether oxygens (including phenoxy) is 1. The van der Waals surface area contributed by atoms with Crippen LogP contribution in [0.4, 0.5) is 0 Å². The summed E-state index contributed by atoms with van der Waals surface area (Å²) < 4.78 is 10.4. The first-order valence-electron chi connectivity index (χ1n) is 9.31. The van der Waals surface area contributed by atoms with E-state index in [1.807, 2.05) is 19.1 Å². The van der Waals surface area contributed by atoms with E-state index in [1.54, 1.807) is 19.2 Å². The molecule has 3 rings (SSSR count). The van der Waals surface area contributed by atoms with Gasteiger partial charge in [-0.1, -0.05) is 28.9 Å². The number of nitrogens with zero attached hydrogens (tertiary/aromatic N) is 4. The van der Waals surface area contributed by atoms with Crippen LogP contribution >= 0.6 is 35.6 Å². The van der Waals surface area contributed by atoms with Gasteiger partial charge in [0.25, 0.3) is 0 Å². The average Bonchev–Trinajstić information content (AvgIpc) is 3.18.